The smallest absolute Gasteiger partial charge is 0.303 e. The van der Waals surface area contributed by atoms with Crippen molar-refractivity contribution in [2.24, 2.45) is 5.73 Å². The Morgan fingerprint density at radius 3 is 1.98 bits per heavy atom. The Hall–Kier alpha value is -4.84. The Morgan fingerprint density at radius 1 is 0.786 bits per heavy atom. The molecule has 5 rings (SSSR count). The van der Waals surface area contributed by atoms with Crippen molar-refractivity contribution in [3.05, 3.63) is 70.8 Å². The largest absolute Gasteiger partial charge is 0.481 e. The molecule has 42 heavy (non-hydrogen) atoms. The van der Waals surface area contributed by atoms with Crippen LogP contribution < -0.4 is 11.1 Å². The van der Waals surface area contributed by atoms with Gasteiger partial charge in [-0.2, -0.15) is 0 Å². The van der Waals surface area contributed by atoms with Gasteiger partial charge >= 0.3 is 11.9 Å². The van der Waals surface area contributed by atoms with Crippen LogP contribution in [0, 0.1) is 0 Å². The number of hydrogen-bond acceptors (Lipinski definition) is 7. The van der Waals surface area contributed by atoms with Crippen molar-refractivity contribution >= 4 is 45.7 Å². The Kier molecular flexibility index (Phi) is 8.43. The van der Waals surface area contributed by atoms with E-state index < -0.39 is 35.7 Å². The molecule has 1 amide bonds. The van der Waals surface area contributed by atoms with Crippen molar-refractivity contribution in [2.45, 2.75) is 63.5 Å². The van der Waals surface area contributed by atoms with Gasteiger partial charge in [0.25, 0.3) is 0 Å². The van der Waals surface area contributed by atoms with E-state index in [2.05, 4.69) is 15.3 Å². The van der Waals surface area contributed by atoms with E-state index in [1.807, 2.05) is 36.4 Å². The van der Waals surface area contributed by atoms with Crippen LogP contribution in [0.2, 0.25) is 0 Å². The van der Waals surface area contributed by atoms with Gasteiger partial charge in [-0.15, -0.1) is 0 Å². The van der Waals surface area contributed by atoms with Crippen LogP contribution in [0.1, 0.15) is 58.8 Å². The number of nitrogens with zero attached hydrogens (tertiary/aromatic N) is 2. The number of aryl methyl sites for hydroxylation is 4. The molecule has 0 saturated carbocycles. The van der Waals surface area contributed by atoms with Gasteiger partial charge in [0.1, 0.15) is 0 Å². The lowest BCUT2D eigenvalue weighted by atomic mass is 9.97. The molecule has 2 aliphatic rings. The molecule has 0 saturated heterocycles. The van der Waals surface area contributed by atoms with Crippen LogP contribution in [0.15, 0.2) is 42.5 Å². The topological polar surface area (TPSA) is 204 Å². The number of carboxylic acid groups (broad SMARTS) is 2. The maximum absolute atomic E-state index is 14.1. The first-order chi connectivity index (χ1) is 20.1. The van der Waals surface area contributed by atoms with Gasteiger partial charge < -0.3 is 31.2 Å². The summed E-state index contributed by atoms with van der Waals surface area (Å²) < 4.78 is 0. The standard InChI is InChI=1S/C30H32N6O6/c31-22(7-11-26(37)38)30(42)36-25(10-12-27(39)40)29(41)28-23-8-5-20(34-23)14-18-3-1-16(32-18)13-17-2-4-19(33-17)15-21-6-9-24(28)35-21/h1,3,6,9,13-15,22,25,32,35H,2,4-5,7-8,10-12,31H2,(H,36,42)(H,37,38)(H,39,40)/t22-,25-/m0/s1. The first kappa shape index (κ1) is 28.7. The number of H-pyrrole nitrogens is 2. The summed E-state index contributed by atoms with van der Waals surface area (Å²) in [5.74, 6) is -3.47. The molecular formula is C30H32N6O6. The number of carbonyl (C=O) groups is 4. The molecule has 3 aromatic rings. The number of amides is 1. The molecule has 2 aliphatic heterocycles. The van der Waals surface area contributed by atoms with Crippen LogP contribution in [-0.2, 0) is 40.1 Å². The lowest BCUT2D eigenvalue weighted by molar-refractivity contribution is -0.138. The number of Topliss-reactive ketones (excluding diaryl/α,β-unsaturated/α-hetero) is 1. The second kappa shape index (κ2) is 12.4. The van der Waals surface area contributed by atoms with Crippen molar-refractivity contribution < 1.29 is 29.4 Å². The zero-order valence-electron chi connectivity index (χ0n) is 22.9. The van der Waals surface area contributed by atoms with Crippen molar-refractivity contribution in [3.8, 4) is 0 Å². The minimum atomic E-state index is -1.21. The van der Waals surface area contributed by atoms with Gasteiger partial charge in [0.05, 0.1) is 28.9 Å². The van der Waals surface area contributed by atoms with E-state index in [1.54, 1.807) is 6.07 Å². The number of aromatic amines is 2. The Labute approximate surface area is 240 Å². The summed E-state index contributed by atoms with van der Waals surface area (Å²) in [5, 5.41) is 20.9. The minimum absolute atomic E-state index is 0.129. The molecule has 218 valence electrons. The first-order valence-electron chi connectivity index (χ1n) is 13.8. The van der Waals surface area contributed by atoms with E-state index in [0.29, 0.717) is 24.1 Å². The van der Waals surface area contributed by atoms with Gasteiger partial charge in [-0.1, -0.05) is 0 Å². The molecule has 12 heteroatoms. The summed E-state index contributed by atoms with van der Waals surface area (Å²) in [6.07, 6.45) is 1.62. The molecule has 0 unspecified atom stereocenters. The van der Waals surface area contributed by atoms with Gasteiger partial charge in [-0.05, 0) is 81.0 Å². The number of nitrogens with one attached hydrogen (secondary N) is 3. The molecule has 12 nitrogen and oxygen atoms in total. The SMILES string of the molecule is N[C@@H](CCC(=O)O)C(=O)N[C@@H](CCC(=O)O)C(=O)c1c2nc(cc3ccc(cc4nc(cc5ccc1[nH]5)CC4)[nH]3)CC2. The van der Waals surface area contributed by atoms with Gasteiger partial charge in [-0.25, -0.2) is 0 Å². The molecule has 0 radical (unpaired) electrons. The van der Waals surface area contributed by atoms with E-state index in [-0.39, 0.29) is 31.2 Å². The molecule has 7 N–H and O–H groups in total. The van der Waals surface area contributed by atoms with Crippen molar-refractivity contribution in [1.82, 2.24) is 25.3 Å². The summed E-state index contributed by atoms with van der Waals surface area (Å²) in [6.45, 7) is 0. The molecule has 2 atom stereocenters. The average molecular weight is 573 g/mol. The van der Waals surface area contributed by atoms with Crippen molar-refractivity contribution in [1.29, 1.82) is 0 Å². The van der Waals surface area contributed by atoms with E-state index >= 15 is 0 Å². The summed E-state index contributed by atoms with van der Waals surface area (Å²) >= 11 is 0. The van der Waals surface area contributed by atoms with Crippen LogP contribution in [0.4, 0.5) is 0 Å². The fraction of sp³-hybridized carbons (Fsp3) is 0.333. The third-order valence-electron chi connectivity index (χ3n) is 7.32. The fourth-order valence-corrected chi connectivity index (χ4v) is 5.19. The van der Waals surface area contributed by atoms with E-state index in [1.165, 1.54) is 0 Å². The highest BCUT2D eigenvalue weighted by Gasteiger charge is 2.29. The predicted octanol–water partition coefficient (Wildman–Crippen LogP) is 2.61. The quantitative estimate of drug-likeness (QED) is 0.197. The second-order valence-electron chi connectivity index (χ2n) is 10.5. The van der Waals surface area contributed by atoms with Gasteiger partial charge in [-0.3, -0.25) is 29.1 Å². The van der Waals surface area contributed by atoms with Crippen LogP contribution in [0.3, 0.4) is 0 Å². The lowest BCUT2D eigenvalue weighted by Crippen LogP contribution is -2.48. The Morgan fingerprint density at radius 2 is 1.33 bits per heavy atom. The highest BCUT2D eigenvalue weighted by Crippen LogP contribution is 2.23. The highest BCUT2D eigenvalue weighted by atomic mass is 16.4. The number of fused-ring (bicyclic) bond motifs is 8. The number of ketones is 1. The third-order valence-corrected chi connectivity index (χ3v) is 7.32. The lowest BCUT2D eigenvalue weighted by Gasteiger charge is -2.20. The molecule has 8 bridgehead atoms. The van der Waals surface area contributed by atoms with E-state index in [9.17, 15) is 24.3 Å². The summed E-state index contributed by atoms with van der Waals surface area (Å²) in [5.41, 5.74) is 12.3. The van der Waals surface area contributed by atoms with Crippen LogP contribution in [0.5, 0.6) is 0 Å². The third kappa shape index (κ3) is 6.89. The fourth-order valence-electron chi connectivity index (χ4n) is 5.19. The van der Waals surface area contributed by atoms with Crippen LogP contribution >= 0.6 is 0 Å². The first-order valence-corrected chi connectivity index (χ1v) is 13.8. The molecule has 0 aromatic carbocycles. The van der Waals surface area contributed by atoms with Gasteiger partial charge in [0.2, 0.25) is 5.91 Å². The zero-order valence-corrected chi connectivity index (χ0v) is 22.9. The molecule has 0 spiro atoms. The van der Waals surface area contributed by atoms with Crippen molar-refractivity contribution in [2.75, 3.05) is 0 Å². The normalized spacial score (nSPS) is 14.2. The van der Waals surface area contributed by atoms with Crippen LogP contribution in [-0.4, -0.2) is 65.9 Å². The molecule has 0 fully saturated rings. The average Bonchev–Trinajstić information content (AvgIpc) is 3.75. The number of rotatable bonds is 10. The molecule has 3 aromatic heterocycles. The Balaban J connectivity index is 1.62. The minimum Gasteiger partial charge on any atom is -0.481 e. The number of carbonyl (C=O) groups excluding carboxylic acids is 2. The van der Waals surface area contributed by atoms with Gasteiger partial charge in [0.15, 0.2) is 5.78 Å². The number of aliphatic carboxylic acids is 2. The predicted molar refractivity (Wildman–Crippen MR) is 154 cm³/mol. The summed E-state index contributed by atoms with van der Waals surface area (Å²) in [6, 6.07) is 11.0. The monoisotopic (exact) mass is 572 g/mol. The number of nitrogens with two attached hydrogens (primary N) is 1. The maximum Gasteiger partial charge on any atom is 0.303 e. The number of carboxylic acids is 2. The highest BCUT2D eigenvalue weighted by molar-refractivity contribution is 6.08. The zero-order chi connectivity index (χ0) is 29.8. The molecule has 0 aliphatic carbocycles. The summed E-state index contributed by atoms with van der Waals surface area (Å²) in [4.78, 5) is 65.5. The number of hydrogen-bond donors (Lipinski definition) is 6. The maximum atomic E-state index is 14.1. The van der Waals surface area contributed by atoms with Crippen LogP contribution in [0.25, 0.3) is 22.1 Å². The second-order valence-corrected chi connectivity index (χ2v) is 10.5. The molecule has 5 heterocycles. The van der Waals surface area contributed by atoms with E-state index in [4.69, 9.17) is 20.8 Å². The Bertz CT molecular complexity index is 1710. The summed E-state index contributed by atoms with van der Waals surface area (Å²) in [7, 11) is 0. The van der Waals surface area contributed by atoms with Crippen molar-refractivity contribution in [3.63, 3.8) is 0 Å². The number of aromatic nitrogens is 4. The van der Waals surface area contributed by atoms with Gasteiger partial charge in [0, 0.05) is 46.5 Å². The van der Waals surface area contributed by atoms with E-state index in [0.717, 1.165) is 46.5 Å². The molecular weight excluding hydrogens is 540 g/mol.